The maximum absolute atomic E-state index is 9.43. The van der Waals surface area contributed by atoms with Gasteiger partial charge in [-0.05, 0) is 0 Å². The van der Waals surface area contributed by atoms with Crippen LogP contribution in [-0.4, -0.2) is 91.3 Å². The number of carbonyl (C=O) groups is 2. The van der Waals surface area contributed by atoms with Crippen LogP contribution in [0, 0.1) is 5.92 Å². The molecule has 0 aromatic heterocycles. The summed E-state index contributed by atoms with van der Waals surface area (Å²) < 4.78 is 0. The van der Waals surface area contributed by atoms with Crippen LogP contribution < -0.4 is 0 Å². The van der Waals surface area contributed by atoms with Crippen LogP contribution >= 0.6 is 0 Å². The van der Waals surface area contributed by atoms with E-state index in [0.717, 1.165) is 5.92 Å². The fourth-order valence-corrected chi connectivity index (χ4v) is 2.74. The fourth-order valence-electron chi connectivity index (χ4n) is 2.74. The second kappa shape index (κ2) is 25.2. The van der Waals surface area contributed by atoms with Gasteiger partial charge in [-0.1, -0.05) is 0 Å². The fraction of sp³-hybridized carbons (Fsp3) is 0.895. The standard InChI is InChI=1S/C16H33.C3H4O4.K.Li.H/c1-4-6-8-9-10-11-12-13-15-16(3)14-7-5-2;4-2(5)1-3(6)7;;;/h16H,3-15H2,1-2H3;1H2,(H,4,5)(H,6,7);;;. The number of carboxylic acid groups (broad SMARTS) is 2. The average Bonchev–Trinajstić information content (AvgIpc) is 2.52. The Morgan fingerprint density at radius 1 is 0.760 bits per heavy atom. The van der Waals surface area contributed by atoms with E-state index >= 15 is 0 Å². The number of unbranched alkanes of at least 4 members (excludes halogenated alkanes) is 8. The molecule has 1 atom stereocenters. The first-order valence-electron chi connectivity index (χ1n) is 9.91. The van der Waals surface area contributed by atoms with Gasteiger partial charge in [0.2, 0.25) is 0 Å². The molecule has 0 aliphatic heterocycles. The van der Waals surface area contributed by atoms with Gasteiger partial charge in [0.1, 0.15) is 6.42 Å². The second-order valence-corrected chi connectivity index (χ2v) is 6.64. The summed E-state index contributed by atoms with van der Waals surface area (Å²) in [7, 11) is 0. The van der Waals surface area contributed by atoms with Gasteiger partial charge >= 0.3 is 183 Å². The van der Waals surface area contributed by atoms with Gasteiger partial charge in [0.25, 0.3) is 0 Å². The molecular weight excluding hydrogens is 338 g/mol. The number of hydrogen-bond donors (Lipinski definition) is 2. The van der Waals surface area contributed by atoms with Crippen molar-refractivity contribution in [1.82, 2.24) is 0 Å². The van der Waals surface area contributed by atoms with E-state index in [2.05, 4.69) is 31.6 Å². The summed E-state index contributed by atoms with van der Waals surface area (Å²) in [4.78, 5) is 18.9. The molecule has 0 bridgehead atoms. The number of rotatable bonds is 15. The summed E-state index contributed by atoms with van der Waals surface area (Å²) in [5.74, 6) is -1.60. The summed E-state index contributed by atoms with van der Waals surface area (Å²) in [6.07, 6.45) is 16.6. The Labute approximate surface area is 206 Å². The number of carboxylic acids is 2. The molecule has 0 fully saturated rings. The van der Waals surface area contributed by atoms with Gasteiger partial charge in [0.05, 0.1) is 0 Å². The Balaban J connectivity index is -0.000000513. The van der Waals surface area contributed by atoms with E-state index < -0.39 is 18.4 Å². The molecule has 0 saturated carbocycles. The van der Waals surface area contributed by atoms with E-state index in [9.17, 15) is 9.59 Å². The van der Waals surface area contributed by atoms with Crippen LogP contribution in [0.5, 0.6) is 0 Å². The molecule has 4 nitrogen and oxygen atoms in total. The first-order valence-corrected chi connectivity index (χ1v) is 9.91. The molecule has 0 saturated heterocycles. The topological polar surface area (TPSA) is 74.6 Å². The predicted molar refractivity (Wildman–Crippen MR) is 108 cm³/mol. The van der Waals surface area contributed by atoms with Gasteiger partial charge in [-0.3, -0.25) is 9.59 Å². The third-order valence-corrected chi connectivity index (χ3v) is 4.31. The van der Waals surface area contributed by atoms with Crippen molar-refractivity contribution >= 4 is 81.0 Å². The molecule has 0 aromatic rings. The Kier molecular flexibility index (Phi) is 31.1. The van der Waals surface area contributed by atoms with E-state index in [0.29, 0.717) is 0 Å². The summed E-state index contributed by atoms with van der Waals surface area (Å²) in [6.45, 7) is 4.60. The average molecular weight is 377 g/mol. The van der Waals surface area contributed by atoms with Gasteiger partial charge < -0.3 is 10.2 Å². The summed E-state index contributed by atoms with van der Waals surface area (Å²) >= 11 is 2.37. The van der Waals surface area contributed by atoms with Crippen molar-refractivity contribution in [2.75, 3.05) is 0 Å². The first-order chi connectivity index (χ1) is 11.5. The minimum atomic E-state index is -1.31. The Morgan fingerprint density at radius 3 is 1.52 bits per heavy atom. The van der Waals surface area contributed by atoms with Crippen LogP contribution in [0.1, 0.15) is 97.3 Å². The molecule has 1 unspecified atom stereocenters. The molecular formula is C19H38KLiO4. The van der Waals surface area contributed by atoms with Crippen LogP contribution in [0.3, 0.4) is 0 Å². The van der Waals surface area contributed by atoms with Crippen LogP contribution in [0.25, 0.3) is 0 Å². The SMILES string of the molecule is O=C(O)CC(=O)O.[KH].[Li][CH2]C(CCCC)CCCCCCCCCC. The van der Waals surface area contributed by atoms with Crippen LogP contribution in [0.15, 0.2) is 0 Å². The monoisotopic (exact) mass is 376 g/mol. The third kappa shape index (κ3) is 30.2. The first kappa shape index (κ1) is 30.9. The Bertz CT molecular complexity index is 289. The van der Waals surface area contributed by atoms with Crippen molar-refractivity contribution in [1.29, 1.82) is 0 Å². The van der Waals surface area contributed by atoms with E-state index in [1.54, 1.807) is 0 Å². The van der Waals surface area contributed by atoms with Crippen molar-refractivity contribution in [3.05, 3.63) is 0 Å². The van der Waals surface area contributed by atoms with Gasteiger partial charge in [0.15, 0.2) is 0 Å². The van der Waals surface area contributed by atoms with Gasteiger partial charge in [-0.15, -0.1) is 0 Å². The zero-order valence-corrected chi connectivity index (χ0v) is 16.2. The third-order valence-electron chi connectivity index (χ3n) is 4.31. The molecule has 0 aliphatic rings. The van der Waals surface area contributed by atoms with E-state index in [4.69, 9.17) is 10.2 Å². The molecule has 0 amide bonds. The Morgan fingerprint density at radius 2 is 1.16 bits per heavy atom. The molecule has 6 heteroatoms. The van der Waals surface area contributed by atoms with E-state index in [1.807, 2.05) is 0 Å². The van der Waals surface area contributed by atoms with E-state index in [1.165, 1.54) is 82.1 Å². The molecule has 0 radical (unpaired) electrons. The number of aliphatic carboxylic acids is 2. The van der Waals surface area contributed by atoms with Crippen molar-refractivity contribution < 1.29 is 19.8 Å². The maximum atomic E-state index is 9.43. The van der Waals surface area contributed by atoms with E-state index in [-0.39, 0.29) is 51.4 Å². The minimum absolute atomic E-state index is 0. The molecule has 140 valence electrons. The quantitative estimate of drug-likeness (QED) is 0.244. The molecule has 0 spiro atoms. The molecule has 0 aliphatic carbocycles. The van der Waals surface area contributed by atoms with Gasteiger partial charge in [-0.2, -0.15) is 0 Å². The molecule has 2 N–H and O–H groups in total. The molecule has 0 heterocycles. The molecule has 0 rings (SSSR count). The van der Waals surface area contributed by atoms with Crippen molar-refractivity contribution in [3.63, 3.8) is 0 Å². The number of hydrogen-bond acceptors (Lipinski definition) is 2. The molecule has 25 heavy (non-hydrogen) atoms. The zero-order chi connectivity index (χ0) is 18.6. The van der Waals surface area contributed by atoms with Crippen LogP contribution in [0.2, 0.25) is 5.09 Å². The summed E-state index contributed by atoms with van der Waals surface area (Å²) in [5, 5.41) is 16.8. The predicted octanol–water partition coefficient (Wildman–Crippen LogP) is 4.81. The van der Waals surface area contributed by atoms with Gasteiger partial charge in [0, 0.05) is 0 Å². The zero-order valence-electron chi connectivity index (χ0n) is 16.2. The van der Waals surface area contributed by atoms with Crippen molar-refractivity contribution in [2.45, 2.75) is 102 Å². The summed E-state index contributed by atoms with van der Waals surface area (Å²) in [5.41, 5.74) is 0. The van der Waals surface area contributed by atoms with Crippen molar-refractivity contribution in [2.24, 2.45) is 5.92 Å². The Hall–Kier alpha value is 1.17. The summed E-state index contributed by atoms with van der Waals surface area (Å²) in [6, 6.07) is 0. The van der Waals surface area contributed by atoms with Crippen molar-refractivity contribution in [3.8, 4) is 0 Å². The van der Waals surface area contributed by atoms with Crippen LogP contribution in [0.4, 0.5) is 0 Å². The molecule has 0 aromatic carbocycles. The normalized spacial score (nSPS) is 11.0. The second-order valence-electron chi connectivity index (χ2n) is 6.64. The van der Waals surface area contributed by atoms with Gasteiger partial charge in [-0.25, -0.2) is 0 Å². The van der Waals surface area contributed by atoms with Crippen LogP contribution in [-0.2, 0) is 9.59 Å².